The summed E-state index contributed by atoms with van der Waals surface area (Å²) in [7, 11) is -3.71. The fraction of sp³-hybridized carbons (Fsp3) is 0.278. The molecule has 1 N–H and O–H groups in total. The van der Waals surface area contributed by atoms with E-state index in [2.05, 4.69) is 4.72 Å². The Morgan fingerprint density at radius 1 is 1.08 bits per heavy atom. The molecule has 0 aromatic heterocycles. The molecule has 0 bridgehead atoms. The fourth-order valence-electron chi connectivity index (χ4n) is 2.88. The van der Waals surface area contributed by atoms with Gasteiger partial charge in [0.15, 0.2) is 0 Å². The van der Waals surface area contributed by atoms with Gasteiger partial charge >= 0.3 is 0 Å². The minimum absolute atomic E-state index is 0.0620. The van der Waals surface area contributed by atoms with Gasteiger partial charge < -0.3 is 4.90 Å². The predicted octanol–water partition coefficient (Wildman–Crippen LogP) is 4.16. The average Bonchev–Trinajstić information content (AvgIpc) is 3.03. The van der Waals surface area contributed by atoms with Crippen molar-refractivity contribution in [3.05, 3.63) is 58.1 Å². The lowest BCUT2D eigenvalue weighted by Crippen LogP contribution is -2.27. The van der Waals surface area contributed by atoms with Crippen LogP contribution in [-0.2, 0) is 14.8 Å². The van der Waals surface area contributed by atoms with E-state index in [-0.39, 0.29) is 10.8 Å². The Balaban J connectivity index is 1.77. The molecule has 2 aromatic rings. The van der Waals surface area contributed by atoms with Gasteiger partial charge in [0.05, 0.1) is 14.9 Å². The highest BCUT2D eigenvalue weighted by Gasteiger charge is 2.23. The van der Waals surface area contributed by atoms with E-state index < -0.39 is 16.1 Å². The van der Waals surface area contributed by atoms with Crippen molar-refractivity contribution in [2.45, 2.75) is 30.7 Å². The van der Waals surface area contributed by atoms with E-state index in [1.54, 1.807) is 42.2 Å². The SMILES string of the molecule is CC(NS(=O)(=O)c1ccc(N2CCCC2=O)cc1)c1ccc(Cl)c(Cl)c1. The molecule has 1 fully saturated rings. The number of sulfonamides is 1. The van der Waals surface area contributed by atoms with Gasteiger partial charge in [-0.15, -0.1) is 0 Å². The van der Waals surface area contributed by atoms with E-state index in [1.807, 2.05) is 0 Å². The van der Waals surface area contributed by atoms with Crippen LogP contribution in [0.4, 0.5) is 5.69 Å². The summed E-state index contributed by atoms with van der Waals surface area (Å²) >= 11 is 11.9. The molecule has 3 rings (SSSR count). The topological polar surface area (TPSA) is 66.5 Å². The Kier molecular flexibility index (Phi) is 5.58. The first-order chi connectivity index (χ1) is 12.3. The maximum Gasteiger partial charge on any atom is 0.241 e. The molecule has 1 heterocycles. The monoisotopic (exact) mass is 412 g/mol. The highest BCUT2D eigenvalue weighted by Crippen LogP contribution is 2.27. The number of hydrogen-bond acceptors (Lipinski definition) is 3. The Labute approximate surface area is 163 Å². The van der Waals surface area contributed by atoms with Crippen LogP contribution in [0.3, 0.4) is 0 Å². The molecule has 1 unspecified atom stereocenters. The van der Waals surface area contributed by atoms with E-state index in [9.17, 15) is 13.2 Å². The number of hydrogen-bond donors (Lipinski definition) is 1. The molecule has 1 aliphatic heterocycles. The van der Waals surface area contributed by atoms with E-state index in [0.717, 1.165) is 6.42 Å². The molecule has 5 nitrogen and oxygen atoms in total. The molecular formula is C18H18Cl2N2O3S. The maximum absolute atomic E-state index is 12.6. The number of carbonyl (C=O) groups excluding carboxylic acids is 1. The smallest absolute Gasteiger partial charge is 0.241 e. The molecule has 8 heteroatoms. The van der Waals surface area contributed by atoms with E-state index >= 15 is 0 Å². The third-order valence-electron chi connectivity index (χ3n) is 4.31. The number of carbonyl (C=O) groups is 1. The van der Waals surface area contributed by atoms with E-state index in [1.165, 1.54) is 12.1 Å². The van der Waals surface area contributed by atoms with Crippen LogP contribution >= 0.6 is 23.2 Å². The second-order valence-electron chi connectivity index (χ2n) is 6.16. The molecule has 0 saturated carbocycles. The fourth-order valence-corrected chi connectivity index (χ4v) is 4.42. The van der Waals surface area contributed by atoms with Gasteiger partial charge in [0.25, 0.3) is 0 Å². The van der Waals surface area contributed by atoms with Crippen molar-refractivity contribution in [3.8, 4) is 0 Å². The quantitative estimate of drug-likeness (QED) is 0.801. The first-order valence-corrected chi connectivity index (χ1v) is 10.4. The summed E-state index contributed by atoms with van der Waals surface area (Å²) in [6, 6.07) is 10.8. The van der Waals surface area contributed by atoms with Gasteiger partial charge in [0.1, 0.15) is 0 Å². The lowest BCUT2D eigenvalue weighted by molar-refractivity contribution is -0.117. The Hall–Kier alpha value is -1.60. The molecule has 0 aliphatic carbocycles. The van der Waals surface area contributed by atoms with Gasteiger partial charge in [-0.05, 0) is 55.3 Å². The van der Waals surface area contributed by atoms with Crippen molar-refractivity contribution in [1.29, 1.82) is 0 Å². The lowest BCUT2D eigenvalue weighted by Gasteiger charge is -2.17. The maximum atomic E-state index is 12.6. The highest BCUT2D eigenvalue weighted by molar-refractivity contribution is 7.89. The van der Waals surface area contributed by atoms with Crippen molar-refractivity contribution >= 4 is 44.8 Å². The second-order valence-corrected chi connectivity index (χ2v) is 8.69. The minimum atomic E-state index is -3.71. The Morgan fingerprint density at radius 3 is 2.35 bits per heavy atom. The van der Waals surface area contributed by atoms with Gasteiger partial charge in [-0.2, -0.15) is 0 Å². The largest absolute Gasteiger partial charge is 0.312 e. The number of nitrogens with zero attached hydrogens (tertiary/aromatic N) is 1. The van der Waals surface area contributed by atoms with Crippen molar-refractivity contribution < 1.29 is 13.2 Å². The van der Waals surface area contributed by atoms with Gasteiger partial charge in [0, 0.05) is 24.7 Å². The zero-order valence-electron chi connectivity index (χ0n) is 14.1. The first-order valence-electron chi connectivity index (χ1n) is 8.15. The third kappa shape index (κ3) is 4.04. The van der Waals surface area contributed by atoms with Crippen LogP contribution in [0.15, 0.2) is 47.4 Å². The highest BCUT2D eigenvalue weighted by atomic mass is 35.5. The average molecular weight is 413 g/mol. The van der Waals surface area contributed by atoms with Crippen LogP contribution in [0.2, 0.25) is 10.0 Å². The van der Waals surface area contributed by atoms with Crippen LogP contribution in [0.5, 0.6) is 0 Å². The number of nitrogens with one attached hydrogen (secondary N) is 1. The van der Waals surface area contributed by atoms with E-state index in [0.29, 0.717) is 34.3 Å². The number of anilines is 1. The normalized spacial score (nSPS) is 16.1. The van der Waals surface area contributed by atoms with Crippen molar-refractivity contribution in [2.24, 2.45) is 0 Å². The van der Waals surface area contributed by atoms with Gasteiger partial charge in [-0.1, -0.05) is 29.3 Å². The summed E-state index contributed by atoms with van der Waals surface area (Å²) in [5.74, 6) is 0.0620. The molecule has 1 aliphatic rings. The zero-order chi connectivity index (χ0) is 18.9. The molecule has 138 valence electrons. The Morgan fingerprint density at radius 2 is 1.77 bits per heavy atom. The molecule has 0 radical (unpaired) electrons. The molecule has 1 saturated heterocycles. The number of halogens is 2. The predicted molar refractivity (Wildman–Crippen MR) is 103 cm³/mol. The van der Waals surface area contributed by atoms with Gasteiger partial charge in [-0.25, -0.2) is 13.1 Å². The summed E-state index contributed by atoms with van der Waals surface area (Å²) in [6.07, 6.45) is 1.35. The van der Waals surface area contributed by atoms with Gasteiger partial charge in [0.2, 0.25) is 15.9 Å². The number of benzene rings is 2. The van der Waals surface area contributed by atoms with Crippen LogP contribution in [0.25, 0.3) is 0 Å². The first kappa shape index (κ1) is 19.2. The molecule has 0 spiro atoms. The standard InChI is InChI=1S/C18H18Cl2N2O3S/c1-12(13-4-9-16(19)17(20)11-13)21-26(24,25)15-7-5-14(6-8-15)22-10-2-3-18(22)23/h4-9,11-12,21H,2-3,10H2,1H3. The number of rotatable bonds is 5. The van der Waals surface area contributed by atoms with Crippen molar-refractivity contribution in [2.75, 3.05) is 11.4 Å². The van der Waals surface area contributed by atoms with Crippen LogP contribution in [0.1, 0.15) is 31.4 Å². The molecular weight excluding hydrogens is 395 g/mol. The van der Waals surface area contributed by atoms with Gasteiger partial charge in [-0.3, -0.25) is 4.79 Å². The van der Waals surface area contributed by atoms with Crippen LogP contribution < -0.4 is 9.62 Å². The molecule has 26 heavy (non-hydrogen) atoms. The van der Waals surface area contributed by atoms with E-state index in [4.69, 9.17) is 23.2 Å². The summed E-state index contributed by atoms with van der Waals surface area (Å²) in [5.41, 5.74) is 1.42. The second kappa shape index (κ2) is 7.56. The summed E-state index contributed by atoms with van der Waals surface area (Å²) in [4.78, 5) is 13.6. The summed E-state index contributed by atoms with van der Waals surface area (Å²) in [6.45, 7) is 2.39. The van der Waals surface area contributed by atoms with Crippen molar-refractivity contribution in [1.82, 2.24) is 4.72 Å². The summed E-state index contributed by atoms with van der Waals surface area (Å²) in [5, 5.41) is 0.785. The van der Waals surface area contributed by atoms with Crippen molar-refractivity contribution in [3.63, 3.8) is 0 Å². The van der Waals surface area contributed by atoms with Crippen LogP contribution in [0, 0.1) is 0 Å². The molecule has 1 amide bonds. The molecule has 2 aromatic carbocycles. The minimum Gasteiger partial charge on any atom is -0.312 e. The lowest BCUT2D eigenvalue weighted by atomic mass is 10.1. The summed E-state index contributed by atoms with van der Waals surface area (Å²) < 4.78 is 27.9. The third-order valence-corrected chi connectivity index (χ3v) is 6.60. The van der Waals surface area contributed by atoms with Crippen LogP contribution in [-0.4, -0.2) is 20.9 Å². The zero-order valence-corrected chi connectivity index (χ0v) is 16.4. The molecule has 1 atom stereocenters. The Bertz CT molecular complexity index is 930. The number of amides is 1.